The molecule has 0 radical (unpaired) electrons. The van der Waals surface area contributed by atoms with Crippen LogP contribution < -0.4 is 21.5 Å². The summed E-state index contributed by atoms with van der Waals surface area (Å²) in [5.41, 5.74) is 6.99. The zero-order valence-corrected chi connectivity index (χ0v) is 14.3. The van der Waals surface area contributed by atoms with E-state index in [4.69, 9.17) is 11.6 Å². The molecule has 1 amide bonds. The number of halogens is 3. The van der Waals surface area contributed by atoms with Crippen molar-refractivity contribution in [3.63, 3.8) is 0 Å². The smallest absolute Gasteiger partial charge is 0.239 e. The van der Waals surface area contributed by atoms with Gasteiger partial charge in [-0.15, -0.1) is 12.4 Å². The van der Waals surface area contributed by atoms with Crippen molar-refractivity contribution in [2.24, 2.45) is 5.92 Å². The minimum absolute atomic E-state index is 0. The number of amides is 1. The molecule has 0 saturated carbocycles. The summed E-state index contributed by atoms with van der Waals surface area (Å²) in [4.78, 5) is 12.5. The molecule has 23 heavy (non-hydrogen) atoms. The predicted molar refractivity (Wildman–Crippen MR) is 90.0 cm³/mol. The standard InChI is InChI=1S/C15H20ClFN4O.ClH/c1-8(10-3-2-9(17)6-12(10)16)19-15(22)14-11-7-18-5-4-13(11)20-21-14;/h2-3,6,8,11,13-14,18,20-21H,4-5,7H2,1H3,(H,19,22);1H. The lowest BCUT2D eigenvalue weighted by Gasteiger charge is -2.28. The molecule has 1 aromatic rings. The van der Waals surface area contributed by atoms with Crippen molar-refractivity contribution in [3.8, 4) is 0 Å². The maximum Gasteiger partial charge on any atom is 0.239 e. The average Bonchev–Trinajstić information content (AvgIpc) is 2.91. The number of carbonyl (C=O) groups is 1. The number of rotatable bonds is 3. The van der Waals surface area contributed by atoms with E-state index in [1.165, 1.54) is 12.1 Å². The summed E-state index contributed by atoms with van der Waals surface area (Å²) < 4.78 is 13.1. The highest BCUT2D eigenvalue weighted by Crippen LogP contribution is 2.25. The van der Waals surface area contributed by atoms with Crippen LogP contribution in [0.1, 0.15) is 24.9 Å². The van der Waals surface area contributed by atoms with Gasteiger partial charge in [0.1, 0.15) is 11.9 Å². The number of hydrogen-bond acceptors (Lipinski definition) is 4. The van der Waals surface area contributed by atoms with Gasteiger partial charge < -0.3 is 10.6 Å². The van der Waals surface area contributed by atoms with E-state index in [1.54, 1.807) is 6.07 Å². The molecule has 128 valence electrons. The summed E-state index contributed by atoms with van der Waals surface area (Å²) in [7, 11) is 0. The minimum Gasteiger partial charge on any atom is -0.348 e. The fraction of sp³-hybridized carbons (Fsp3) is 0.533. The van der Waals surface area contributed by atoms with Gasteiger partial charge in [0.25, 0.3) is 0 Å². The SMILES string of the molecule is CC(NC(=O)C1NNC2CCNCC21)c1ccc(F)cc1Cl.Cl. The molecular formula is C15H21Cl2FN4O. The van der Waals surface area contributed by atoms with Gasteiger partial charge in [-0.05, 0) is 37.6 Å². The maximum atomic E-state index is 13.1. The van der Waals surface area contributed by atoms with Gasteiger partial charge in [0.05, 0.1) is 6.04 Å². The molecule has 2 aliphatic heterocycles. The molecule has 4 unspecified atom stereocenters. The molecule has 2 saturated heterocycles. The van der Waals surface area contributed by atoms with E-state index < -0.39 is 0 Å². The lowest BCUT2D eigenvalue weighted by molar-refractivity contribution is -0.124. The van der Waals surface area contributed by atoms with Crippen molar-refractivity contribution in [2.75, 3.05) is 13.1 Å². The van der Waals surface area contributed by atoms with Crippen LogP contribution in [0.3, 0.4) is 0 Å². The third-order valence-corrected chi connectivity index (χ3v) is 4.78. The molecule has 0 spiro atoms. The molecule has 2 aliphatic rings. The quantitative estimate of drug-likeness (QED) is 0.658. The zero-order chi connectivity index (χ0) is 15.7. The first-order valence-corrected chi connectivity index (χ1v) is 7.91. The summed E-state index contributed by atoms with van der Waals surface area (Å²) in [5.74, 6) is -0.230. The average molecular weight is 363 g/mol. The number of fused-ring (bicyclic) bond motifs is 1. The largest absolute Gasteiger partial charge is 0.348 e. The van der Waals surface area contributed by atoms with Gasteiger partial charge in [0.15, 0.2) is 0 Å². The third kappa shape index (κ3) is 3.95. The van der Waals surface area contributed by atoms with Gasteiger partial charge in [-0.2, -0.15) is 0 Å². The normalized spacial score (nSPS) is 27.7. The Hall–Kier alpha value is -0.920. The van der Waals surface area contributed by atoms with Crippen molar-refractivity contribution in [1.29, 1.82) is 0 Å². The van der Waals surface area contributed by atoms with Crippen LogP contribution in [0.2, 0.25) is 5.02 Å². The summed E-state index contributed by atoms with van der Waals surface area (Å²) in [6.45, 7) is 3.62. The zero-order valence-electron chi connectivity index (χ0n) is 12.7. The highest BCUT2D eigenvalue weighted by Gasteiger charge is 2.41. The Morgan fingerprint density at radius 3 is 2.96 bits per heavy atom. The molecule has 1 aromatic carbocycles. The number of hydrazine groups is 1. The summed E-state index contributed by atoms with van der Waals surface area (Å²) in [6, 6.07) is 3.98. The Kier molecular flexibility index (Phi) is 6.22. The maximum absolute atomic E-state index is 13.1. The highest BCUT2D eigenvalue weighted by molar-refractivity contribution is 6.31. The molecule has 0 bridgehead atoms. The first-order chi connectivity index (χ1) is 10.6. The van der Waals surface area contributed by atoms with Crippen LogP contribution in [0.25, 0.3) is 0 Å². The molecule has 4 N–H and O–H groups in total. The lowest BCUT2D eigenvalue weighted by atomic mass is 9.89. The second-order valence-corrected chi connectivity index (χ2v) is 6.33. The van der Waals surface area contributed by atoms with Gasteiger partial charge in [-0.1, -0.05) is 17.7 Å². The van der Waals surface area contributed by atoms with Gasteiger partial charge in [-0.3, -0.25) is 10.2 Å². The summed E-state index contributed by atoms with van der Waals surface area (Å²) >= 11 is 6.05. The summed E-state index contributed by atoms with van der Waals surface area (Å²) in [6.07, 6.45) is 1.00. The van der Waals surface area contributed by atoms with E-state index in [9.17, 15) is 9.18 Å². The van der Waals surface area contributed by atoms with Gasteiger partial charge in [0, 0.05) is 23.5 Å². The number of piperidine rings is 1. The van der Waals surface area contributed by atoms with Crippen LogP contribution in [-0.4, -0.2) is 31.1 Å². The van der Waals surface area contributed by atoms with Gasteiger partial charge >= 0.3 is 0 Å². The number of carbonyl (C=O) groups excluding carboxylic acids is 1. The van der Waals surface area contributed by atoms with E-state index in [1.807, 2.05) is 6.92 Å². The van der Waals surface area contributed by atoms with Crippen LogP contribution >= 0.6 is 24.0 Å². The lowest BCUT2D eigenvalue weighted by Crippen LogP contribution is -2.49. The van der Waals surface area contributed by atoms with E-state index in [0.717, 1.165) is 19.5 Å². The fourth-order valence-electron chi connectivity index (χ4n) is 3.21. The van der Waals surface area contributed by atoms with Crippen molar-refractivity contribution >= 4 is 29.9 Å². The monoisotopic (exact) mass is 362 g/mol. The second kappa shape index (κ2) is 7.77. The van der Waals surface area contributed by atoms with E-state index >= 15 is 0 Å². The van der Waals surface area contributed by atoms with Crippen LogP contribution in [0.15, 0.2) is 18.2 Å². The van der Waals surface area contributed by atoms with Crippen LogP contribution in [0.4, 0.5) is 4.39 Å². The molecule has 2 fully saturated rings. The number of nitrogens with one attached hydrogen (secondary N) is 4. The Balaban J connectivity index is 0.00000192. The number of hydrogen-bond donors (Lipinski definition) is 4. The molecule has 3 rings (SSSR count). The van der Waals surface area contributed by atoms with Crippen molar-refractivity contribution in [2.45, 2.75) is 31.5 Å². The highest BCUT2D eigenvalue weighted by atomic mass is 35.5. The van der Waals surface area contributed by atoms with E-state index in [-0.39, 0.29) is 42.1 Å². The van der Waals surface area contributed by atoms with Crippen LogP contribution in [-0.2, 0) is 4.79 Å². The third-order valence-electron chi connectivity index (χ3n) is 4.45. The molecule has 5 nitrogen and oxygen atoms in total. The van der Waals surface area contributed by atoms with Crippen LogP contribution in [0.5, 0.6) is 0 Å². The minimum atomic E-state index is -0.384. The van der Waals surface area contributed by atoms with E-state index in [2.05, 4.69) is 21.5 Å². The Bertz CT molecular complexity index is 574. The molecular weight excluding hydrogens is 342 g/mol. The topological polar surface area (TPSA) is 65.2 Å². The molecule has 2 heterocycles. The summed E-state index contributed by atoms with van der Waals surface area (Å²) in [5, 5.41) is 6.60. The number of benzene rings is 1. The Morgan fingerprint density at radius 1 is 1.43 bits per heavy atom. The molecule has 8 heteroatoms. The molecule has 0 aliphatic carbocycles. The van der Waals surface area contributed by atoms with Crippen molar-refractivity contribution in [3.05, 3.63) is 34.6 Å². The predicted octanol–water partition coefficient (Wildman–Crippen LogP) is 1.53. The van der Waals surface area contributed by atoms with E-state index in [0.29, 0.717) is 16.6 Å². The first-order valence-electron chi connectivity index (χ1n) is 7.53. The van der Waals surface area contributed by atoms with Crippen LogP contribution in [0, 0.1) is 11.7 Å². The van der Waals surface area contributed by atoms with Gasteiger partial charge in [0.2, 0.25) is 5.91 Å². The second-order valence-electron chi connectivity index (χ2n) is 5.93. The molecule has 4 atom stereocenters. The first kappa shape index (κ1) is 18.4. The Labute approximate surface area is 146 Å². The Morgan fingerprint density at radius 2 is 2.22 bits per heavy atom. The van der Waals surface area contributed by atoms with Gasteiger partial charge in [-0.25, -0.2) is 9.82 Å². The molecule has 0 aromatic heterocycles. The van der Waals surface area contributed by atoms with Crippen molar-refractivity contribution < 1.29 is 9.18 Å². The fourth-order valence-corrected chi connectivity index (χ4v) is 3.54. The van der Waals surface area contributed by atoms with Crippen molar-refractivity contribution in [1.82, 2.24) is 21.5 Å².